The van der Waals surface area contributed by atoms with Gasteiger partial charge in [-0.15, -0.1) is 0 Å². The fourth-order valence-corrected chi connectivity index (χ4v) is 1.37. The average Bonchev–Trinajstić information content (AvgIpc) is 2.29. The summed E-state index contributed by atoms with van der Waals surface area (Å²) in [4.78, 5) is 3.66. The molecule has 0 fully saturated rings. The summed E-state index contributed by atoms with van der Waals surface area (Å²) in [5.41, 5.74) is 5.25. The molecule has 0 saturated carbocycles. The maximum absolute atomic E-state index is 13.2. The molecular formula is C11H7ClF2N2O. The average molecular weight is 257 g/mol. The summed E-state index contributed by atoms with van der Waals surface area (Å²) in [5.74, 6) is -0.964. The van der Waals surface area contributed by atoms with Gasteiger partial charge in [0.1, 0.15) is 11.6 Å². The van der Waals surface area contributed by atoms with Gasteiger partial charge in [0.25, 0.3) is 0 Å². The van der Waals surface area contributed by atoms with Crippen LogP contribution in [0, 0.1) is 11.6 Å². The smallest absolute Gasteiger partial charge is 0.219 e. The van der Waals surface area contributed by atoms with Crippen LogP contribution in [0.1, 0.15) is 0 Å². The zero-order chi connectivity index (χ0) is 12.4. The summed E-state index contributed by atoms with van der Waals surface area (Å²) >= 11 is 5.81. The minimum absolute atomic E-state index is 0.0671. The predicted molar refractivity (Wildman–Crippen MR) is 60.1 cm³/mol. The number of halogens is 3. The molecule has 6 heteroatoms. The molecule has 0 bridgehead atoms. The third kappa shape index (κ3) is 2.62. The number of nitrogen functional groups attached to an aromatic ring is 1. The second-order valence-corrected chi connectivity index (χ2v) is 3.63. The van der Waals surface area contributed by atoms with Gasteiger partial charge in [0.2, 0.25) is 5.88 Å². The number of pyridine rings is 1. The Hall–Kier alpha value is -1.88. The molecule has 1 heterocycles. The van der Waals surface area contributed by atoms with Crippen LogP contribution in [-0.2, 0) is 0 Å². The molecule has 0 unspecified atom stereocenters. The summed E-state index contributed by atoms with van der Waals surface area (Å²) < 4.78 is 31.0. The number of nitrogens with zero attached hydrogens (tertiary/aromatic N) is 1. The van der Waals surface area contributed by atoms with Crippen LogP contribution in [0.25, 0.3) is 0 Å². The van der Waals surface area contributed by atoms with Crippen molar-refractivity contribution in [2.75, 3.05) is 5.73 Å². The van der Waals surface area contributed by atoms with Crippen molar-refractivity contribution >= 4 is 17.3 Å². The van der Waals surface area contributed by atoms with Crippen LogP contribution in [0.2, 0.25) is 5.02 Å². The van der Waals surface area contributed by atoms with Gasteiger partial charge >= 0.3 is 0 Å². The van der Waals surface area contributed by atoms with Gasteiger partial charge in [-0.2, -0.15) is 0 Å². The molecule has 17 heavy (non-hydrogen) atoms. The Kier molecular flexibility index (Phi) is 3.10. The summed E-state index contributed by atoms with van der Waals surface area (Å²) in [6, 6.07) is 4.75. The van der Waals surface area contributed by atoms with Crippen molar-refractivity contribution in [2.24, 2.45) is 0 Å². The van der Waals surface area contributed by atoms with Crippen LogP contribution >= 0.6 is 11.6 Å². The molecule has 1 aromatic carbocycles. The molecule has 0 aliphatic carbocycles. The number of aromatic nitrogens is 1. The monoisotopic (exact) mass is 256 g/mol. The Balaban J connectivity index is 2.30. The first-order chi connectivity index (χ1) is 8.06. The Morgan fingerprint density at radius 2 is 2.00 bits per heavy atom. The summed E-state index contributed by atoms with van der Waals surface area (Å²) in [5, 5.41) is 0.148. The number of nitrogens with two attached hydrogens (primary N) is 1. The molecule has 0 atom stereocenters. The largest absolute Gasteiger partial charge is 0.437 e. The third-order valence-corrected chi connectivity index (χ3v) is 2.26. The van der Waals surface area contributed by atoms with Gasteiger partial charge in [0.15, 0.2) is 5.75 Å². The zero-order valence-corrected chi connectivity index (χ0v) is 9.21. The first-order valence-electron chi connectivity index (χ1n) is 4.60. The van der Waals surface area contributed by atoms with Crippen molar-refractivity contribution in [1.82, 2.24) is 4.98 Å². The van der Waals surface area contributed by atoms with Gasteiger partial charge in [-0.3, -0.25) is 0 Å². The molecule has 0 amide bonds. The van der Waals surface area contributed by atoms with Crippen molar-refractivity contribution in [3.05, 3.63) is 47.1 Å². The van der Waals surface area contributed by atoms with Crippen LogP contribution in [0.4, 0.5) is 14.5 Å². The van der Waals surface area contributed by atoms with Crippen molar-refractivity contribution in [3.63, 3.8) is 0 Å². The van der Waals surface area contributed by atoms with Gasteiger partial charge in [-0.25, -0.2) is 13.8 Å². The van der Waals surface area contributed by atoms with Crippen molar-refractivity contribution < 1.29 is 13.5 Å². The maximum Gasteiger partial charge on any atom is 0.219 e. The van der Waals surface area contributed by atoms with E-state index in [0.29, 0.717) is 0 Å². The maximum atomic E-state index is 13.2. The highest BCUT2D eigenvalue weighted by Crippen LogP contribution is 2.31. The molecule has 0 aliphatic rings. The molecule has 0 saturated heterocycles. The van der Waals surface area contributed by atoms with Crippen LogP contribution < -0.4 is 10.5 Å². The molecule has 88 valence electrons. The minimum atomic E-state index is -0.647. The molecule has 3 nitrogen and oxygen atoms in total. The van der Waals surface area contributed by atoms with Crippen LogP contribution in [0.3, 0.4) is 0 Å². The number of anilines is 1. The Morgan fingerprint density at radius 3 is 2.65 bits per heavy atom. The fourth-order valence-electron chi connectivity index (χ4n) is 1.16. The van der Waals surface area contributed by atoms with E-state index in [2.05, 4.69) is 4.98 Å². The number of rotatable bonds is 2. The topological polar surface area (TPSA) is 48.1 Å². The Labute approximate surface area is 101 Å². The van der Waals surface area contributed by atoms with Gasteiger partial charge in [0, 0.05) is 12.1 Å². The summed E-state index contributed by atoms with van der Waals surface area (Å²) in [6.45, 7) is 0. The highest BCUT2D eigenvalue weighted by Gasteiger charge is 2.09. The van der Waals surface area contributed by atoms with Gasteiger partial charge in [-0.1, -0.05) is 11.6 Å². The normalized spacial score (nSPS) is 10.3. The van der Waals surface area contributed by atoms with Crippen molar-refractivity contribution in [3.8, 4) is 11.6 Å². The van der Waals surface area contributed by atoms with Crippen molar-refractivity contribution in [1.29, 1.82) is 0 Å². The summed E-state index contributed by atoms with van der Waals surface area (Å²) in [7, 11) is 0. The Morgan fingerprint density at radius 1 is 1.24 bits per heavy atom. The SMILES string of the molecule is Nc1cc(Cl)c(Oc2ccc(F)cn2)cc1F. The minimum Gasteiger partial charge on any atom is -0.437 e. The quantitative estimate of drug-likeness (QED) is 0.838. The van der Waals surface area contributed by atoms with Crippen LogP contribution in [-0.4, -0.2) is 4.98 Å². The van der Waals surface area contributed by atoms with Crippen LogP contribution in [0.5, 0.6) is 11.6 Å². The molecule has 1 aromatic heterocycles. The lowest BCUT2D eigenvalue weighted by molar-refractivity contribution is 0.455. The van der Waals surface area contributed by atoms with E-state index in [1.165, 1.54) is 18.2 Å². The Bertz CT molecular complexity index is 546. The fraction of sp³-hybridized carbons (Fsp3) is 0. The highest BCUT2D eigenvalue weighted by molar-refractivity contribution is 6.32. The lowest BCUT2D eigenvalue weighted by atomic mass is 10.3. The third-order valence-electron chi connectivity index (χ3n) is 1.97. The molecule has 0 radical (unpaired) electrons. The second-order valence-electron chi connectivity index (χ2n) is 3.22. The number of hydrogen-bond donors (Lipinski definition) is 1. The van der Waals surface area contributed by atoms with Gasteiger partial charge < -0.3 is 10.5 Å². The summed E-state index contributed by atoms with van der Waals surface area (Å²) in [6.07, 6.45) is 0.983. The molecular weight excluding hydrogens is 250 g/mol. The second kappa shape index (κ2) is 4.55. The van der Waals surface area contributed by atoms with E-state index < -0.39 is 11.6 Å². The molecule has 0 aliphatic heterocycles. The van der Waals surface area contributed by atoms with E-state index in [-0.39, 0.29) is 22.3 Å². The van der Waals surface area contributed by atoms with E-state index >= 15 is 0 Å². The van der Waals surface area contributed by atoms with Gasteiger partial charge in [-0.05, 0) is 12.1 Å². The van der Waals surface area contributed by atoms with E-state index in [4.69, 9.17) is 22.1 Å². The number of ether oxygens (including phenoxy) is 1. The molecule has 2 aromatic rings. The molecule has 2 N–H and O–H groups in total. The predicted octanol–water partition coefficient (Wildman–Crippen LogP) is 3.39. The van der Waals surface area contributed by atoms with E-state index in [1.807, 2.05) is 0 Å². The lowest BCUT2D eigenvalue weighted by Gasteiger charge is -2.07. The molecule has 0 spiro atoms. The van der Waals surface area contributed by atoms with E-state index in [0.717, 1.165) is 12.3 Å². The standard InChI is InChI=1S/C11H7ClF2N2O/c12-7-3-9(15)8(14)4-10(7)17-11-2-1-6(13)5-16-11/h1-5H,15H2. The molecule has 2 rings (SSSR count). The van der Waals surface area contributed by atoms with Crippen LogP contribution in [0.15, 0.2) is 30.5 Å². The first-order valence-corrected chi connectivity index (χ1v) is 4.98. The zero-order valence-electron chi connectivity index (χ0n) is 8.45. The lowest BCUT2D eigenvalue weighted by Crippen LogP contribution is -1.94. The van der Waals surface area contributed by atoms with E-state index in [9.17, 15) is 8.78 Å². The van der Waals surface area contributed by atoms with E-state index in [1.54, 1.807) is 0 Å². The number of hydrogen-bond acceptors (Lipinski definition) is 3. The van der Waals surface area contributed by atoms with Crippen molar-refractivity contribution in [2.45, 2.75) is 0 Å². The first kappa shape index (κ1) is 11.6. The van der Waals surface area contributed by atoms with Gasteiger partial charge in [0.05, 0.1) is 16.9 Å². The number of benzene rings is 1. The highest BCUT2D eigenvalue weighted by atomic mass is 35.5.